The highest BCUT2D eigenvalue weighted by molar-refractivity contribution is 5.87. The molecular weight excluding hydrogens is 504 g/mol. The van der Waals surface area contributed by atoms with Gasteiger partial charge in [-0.1, -0.05) is 6.08 Å². The van der Waals surface area contributed by atoms with Crippen molar-refractivity contribution in [1.82, 2.24) is 24.5 Å². The largest absolute Gasteiger partial charge is 0.490 e. The molecule has 0 aromatic carbocycles. The van der Waals surface area contributed by atoms with E-state index in [1.165, 1.54) is 5.56 Å². The molecule has 0 bridgehead atoms. The van der Waals surface area contributed by atoms with Gasteiger partial charge in [0.15, 0.2) is 0 Å². The lowest BCUT2D eigenvalue weighted by molar-refractivity contribution is -0.193. The van der Waals surface area contributed by atoms with E-state index >= 15 is 0 Å². The lowest BCUT2D eigenvalue weighted by Gasteiger charge is -2.46. The van der Waals surface area contributed by atoms with E-state index in [2.05, 4.69) is 21.5 Å². The van der Waals surface area contributed by atoms with Gasteiger partial charge < -0.3 is 15.1 Å². The van der Waals surface area contributed by atoms with E-state index in [0.717, 1.165) is 45.7 Å². The van der Waals surface area contributed by atoms with E-state index < -0.39 is 24.3 Å². The van der Waals surface area contributed by atoms with Gasteiger partial charge in [0.1, 0.15) is 5.54 Å². The number of piperazine rings is 1. The number of rotatable bonds is 4. The molecule has 2 saturated heterocycles. The van der Waals surface area contributed by atoms with Crippen molar-refractivity contribution in [1.29, 1.82) is 0 Å². The van der Waals surface area contributed by atoms with Crippen molar-refractivity contribution in [2.45, 2.75) is 30.9 Å². The molecule has 204 valence electrons. The first-order chi connectivity index (χ1) is 16.4. The predicted octanol–water partition coefficient (Wildman–Crippen LogP) is 1.59. The zero-order valence-corrected chi connectivity index (χ0v) is 19.5. The van der Waals surface area contributed by atoms with Gasteiger partial charge in [-0.3, -0.25) is 19.3 Å². The van der Waals surface area contributed by atoms with Crippen LogP contribution in [0.3, 0.4) is 0 Å². The molecule has 1 unspecified atom stereocenters. The number of amides is 1. The number of alkyl halides is 6. The number of hydrogen-bond donors (Lipinski definition) is 2. The average molecular weight is 531 g/mol. The van der Waals surface area contributed by atoms with Gasteiger partial charge in [-0.15, -0.1) is 6.58 Å². The van der Waals surface area contributed by atoms with Gasteiger partial charge in [0.2, 0.25) is 5.91 Å². The Morgan fingerprint density at radius 3 is 2.03 bits per heavy atom. The molecule has 3 rings (SSSR count). The first kappa shape index (κ1) is 30.9. The van der Waals surface area contributed by atoms with Crippen molar-refractivity contribution >= 4 is 17.8 Å². The first-order valence-electron chi connectivity index (χ1n) is 10.4. The summed E-state index contributed by atoms with van der Waals surface area (Å²) in [5.74, 6) is -5.26. The van der Waals surface area contributed by atoms with Crippen molar-refractivity contribution < 1.29 is 50.9 Å². The molecule has 36 heavy (non-hydrogen) atoms. The number of aryl methyl sites for hydroxylation is 1. The van der Waals surface area contributed by atoms with E-state index in [4.69, 9.17) is 19.8 Å². The summed E-state index contributed by atoms with van der Waals surface area (Å²) in [6, 6.07) is 0. The summed E-state index contributed by atoms with van der Waals surface area (Å²) >= 11 is 0. The Morgan fingerprint density at radius 1 is 1.08 bits per heavy atom. The smallest absolute Gasteiger partial charge is 0.475 e. The molecule has 0 saturated carbocycles. The molecule has 2 fully saturated rings. The van der Waals surface area contributed by atoms with Crippen LogP contribution in [-0.4, -0.2) is 110 Å². The maximum absolute atomic E-state index is 12.8. The minimum Gasteiger partial charge on any atom is -0.475 e. The van der Waals surface area contributed by atoms with Crippen LogP contribution >= 0.6 is 0 Å². The normalized spacial score (nSPS) is 20.9. The highest BCUT2D eigenvalue weighted by Gasteiger charge is 2.51. The minimum absolute atomic E-state index is 0.259. The summed E-state index contributed by atoms with van der Waals surface area (Å²) in [4.78, 5) is 37.2. The van der Waals surface area contributed by atoms with Crippen LogP contribution in [0, 0.1) is 0 Å². The molecule has 1 aromatic rings. The zero-order chi connectivity index (χ0) is 27.9. The quantitative estimate of drug-likeness (QED) is 0.444. The molecule has 2 aliphatic heterocycles. The highest BCUT2D eigenvalue weighted by atomic mass is 19.4. The Kier molecular flexibility index (Phi) is 10.5. The van der Waals surface area contributed by atoms with Gasteiger partial charge in [-0.2, -0.15) is 31.4 Å². The van der Waals surface area contributed by atoms with Crippen LogP contribution in [0.1, 0.15) is 12.0 Å². The van der Waals surface area contributed by atoms with Crippen molar-refractivity contribution in [2.75, 3.05) is 39.8 Å². The number of carbonyl (C=O) groups is 3. The maximum atomic E-state index is 12.8. The Hall–Kier alpha value is -3.14. The summed E-state index contributed by atoms with van der Waals surface area (Å²) in [6.07, 6.45) is -3.42. The van der Waals surface area contributed by atoms with Crippen LogP contribution < -0.4 is 0 Å². The predicted molar refractivity (Wildman–Crippen MR) is 113 cm³/mol. The van der Waals surface area contributed by atoms with E-state index in [9.17, 15) is 31.1 Å². The highest BCUT2D eigenvalue weighted by Crippen LogP contribution is 2.33. The van der Waals surface area contributed by atoms with E-state index in [-0.39, 0.29) is 11.4 Å². The molecule has 2 aliphatic rings. The maximum Gasteiger partial charge on any atom is 0.490 e. The fraction of sp³-hybridized carbons (Fsp3) is 0.600. The number of likely N-dealkylation sites (tertiary alicyclic amines) is 1. The van der Waals surface area contributed by atoms with Crippen LogP contribution in [0.2, 0.25) is 0 Å². The molecule has 2 N–H and O–H groups in total. The van der Waals surface area contributed by atoms with Crippen molar-refractivity contribution in [3.05, 3.63) is 30.6 Å². The number of likely N-dealkylation sites (N-methyl/N-ethyl adjacent to an activating group) is 1. The molecular formula is C20H27F6N5O5. The number of aromatic nitrogens is 2. The Bertz CT molecular complexity index is 911. The number of hydrogen-bond acceptors (Lipinski definition) is 6. The number of aliphatic carboxylic acids is 2. The summed E-state index contributed by atoms with van der Waals surface area (Å²) in [6.45, 7) is 8.95. The monoisotopic (exact) mass is 531 g/mol. The van der Waals surface area contributed by atoms with E-state index in [0.29, 0.717) is 0 Å². The number of carboxylic acids is 2. The van der Waals surface area contributed by atoms with Crippen LogP contribution in [0.5, 0.6) is 0 Å². The van der Waals surface area contributed by atoms with Crippen molar-refractivity contribution in [3.63, 3.8) is 0 Å². The Balaban J connectivity index is 0.000000383. The molecule has 1 spiro atoms. The second-order valence-electron chi connectivity index (χ2n) is 8.08. The third-order valence-corrected chi connectivity index (χ3v) is 5.38. The molecule has 16 heteroatoms. The van der Waals surface area contributed by atoms with E-state index in [1.54, 1.807) is 0 Å². The summed E-state index contributed by atoms with van der Waals surface area (Å²) < 4.78 is 65.3. The molecule has 1 aromatic heterocycles. The molecule has 1 atom stereocenters. The first-order valence-corrected chi connectivity index (χ1v) is 10.4. The third-order valence-electron chi connectivity index (χ3n) is 5.38. The third kappa shape index (κ3) is 8.51. The van der Waals surface area contributed by atoms with Gasteiger partial charge >= 0.3 is 24.3 Å². The summed E-state index contributed by atoms with van der Waals surface area (Å²) in [7, 11) is 3.85. The average Bonchev–Trinajstić information content (AvgIpc) is 3.35. The Morgan fingerprint density at radius 2 is 1.61 bits per heavy atom. The second-order valence-corrected chi connectivity index (χ2v) is 8.08. The molecule has 10 nitrogen and oxygen atoms in total. The van der Waals surface area contributed by atoms with E-state index in [1.807, 2.05) is 42.1 Å². The lowest BCUT2D eigenvalue weighted by atomic mass is 9.91. The second kappa shape index (κ2) is 12.2. The topological polar surface area (TPSA) is 119 Å². The number of nitrogens with zero attached hydrogens (tertiary/aromatic N) is 5. The molecule has 0 aliphatic carbocycles. The Labute approximate surface area is 202 Å². The standard InChI is InChI=1S/C16H25N5O.2C2HF3O2/c1-4-6-21-9-8-18(2)15(22)16(21)5-7-20(13-16)12-14-10-17-19(3)11-14;2*3-2(4,5)1(6)7/h4,10-11H,1,5-9,12-13H2,2-3H3;2*(H,6,7). The SMILES string of the molecule is C=CCN1CCN(C)C(=O)C12CCN(Cc1cnn(C)c1)C2.O=C(O)C(F)(F)F.O=C(O)C(F)(F)F. The van der Waals surface area contributed by atoms with Gasteiger partial charge in [0.05, 0.1) is 6.20 Å². The van der Waals surface area contributed by atoms with Crippen LogP contribution in [-0.2, 0) is 28.0 Å². The summed E-state index contributed by atoms with van der Waals surface area (Å²) in [5.41, 5.74) is 0.829. The number of carbonyl (C=O) groups excluding carboxylic acids is 1. The van der Waals surface area contributed by atoms with Crippen molar-refractivity contribution in [3.8, 4) is 0 Å². The minimum atomic E-state index is -5.08. The van der Waals surface area contributed by atoms with Crippen molar-refractivity contribution in [2.24, 2.45) is 7.05 Å². The summed E-state index contributed by atoms with van der Waals surface area (Å²) in [5, 5.41) is 18.5. The van der Waals surface area contributed by atoms with Gasteiger partial charge in [0, 0.05) is 65.1 Å². The zero-order valence-electron chi connectivity index (χ0n) is 19.5. The number of halogens is 6. The molecule has 3 heterocycles. The molecule has 1 amide bonds. The van der Waals surface area contributed by atoms with Gasteiger partial charge in [0.25, 0.3) is 0 Å². The number of carboxylic acid groups (broad SMARTS) is 2. The fourth-order valence-corrected chi connectivity index (χ4v) is 3.75. The van der Waals surface area contributed by atoms with Gasteiger partial charge in [-0.25, -0.2) is 9.59 Å². The fourth-order valence-electron chi connectivity index (χ4n) is 3.75. The van der Waals surface area contributed by atoms with Crippen LogP contribution in [0.15, 0.2) is 25.0 Å². The van der Waals surface area contributed by atoms with Gasteiger partial charge in [-0.05, 0) is 6.42 Å². The molecule has 0 radical (unpaired) electrons. The van der Waals surface area contributed by atoms with Crippen LogP contribution in [0.4, 0.5) is 26.3 Å². The van der Waals surface area contributed by atoms with Crippen LogP contribution in [0.25, 0.3) is 0 Å². The lowest BCUT2D eigenvalue weighted by Crippen LogP contribution is -2.66.